The lowest BCUT2D eigenvalue weighted by Gasteiger charge is -2.40. The van der Waals surface area contributed by atoms with Gasteiger partial charge >= 0.3 is 0 Å². The molecule has 1 saturated heterocycles. The van der Waals surface area contributed by atoms with Gasteiger partial charge in [0.1, 0.15) is 0 Å². The van der Waals surface area contributed by atoms with E-state index in [0.29, 0.717) is 19.6 Å². The van der Waals surface area contributed by atoms with E-state index in [2.05, 4.69) is 0 Å². The molecule has 2 amide bonds. The number of hydrogen-bond acceptors (Lipinski definition) is 2. The third kappa shape index (κ3) is 3.43. The second-order valence-corrected chi connectivity index (χ2v) is 6.15. The van der Waals surface area contributed by atoms with Crippen LogP contribution in [0.15, 0.2) is 24.3 Å². The summed E-state index contributed by atoms with van der Waals surface area (Å²) in [6.07, 6.45) is 0. The second kappa shape index (κ2) is 6.29. The van der Waals surface area contributed by atoms with Crippen LogP contribution in [0.4, 0.5) is 0 Å². The Morgan fingerprint density at radius 1 is 1.14 bits per heavy atom. The zero-order valence-electron chi connectivity index (χ0n) is 13.3. The third-order valence-corrected chi connectivity index (χ3v) is 3.99. The number of carbonyl (C=O) groups excluding carboxylic acids is 2. The highest BCUT2D eigenvalue weighted by Gasteiger charge is 2.30. The standard InChI is InChI=1S/C17H24N2O2/c1-12(2)16(20)18-9-10-19(14(4)11-18)17(21)15-7-5-13(3)6-8-15/h5-8,12,14H,9-11H2,1-4H3. The summed E-state index contributed by atoms with van der Waals surface area (Å²) in [4.78, 5) is 28.3. The molecule has 1 aliphatic rings. The molecule has 4 nitrogen and oxygen atoms in total. The van der Waals surface area contributed by atoms with Gasteiger partial charge in [0.2, 0.25) is 5.91 Å². The lowest BCUT2D eigenvalue weighted by molar-refractivity contribution is -0.136. The van der Waals surface area contributed by atoms with E-state index in [-0.39, 0.29) is 23.8 Å². The van der Waals surface area contributed by atoms with E-state index in [4.69, 9.17) is 0 Å². The number of aryl methyl sites for hydroxylation is 1. The summed E-state index contributed by atoms with van der Waals surface area (Å²) < 4.78 is 0. The minimum Gasteiger partial charge on any atom is -0.339 e. The Kier molecular flexibility index (Phi) is 4.66. The molecular formula is C17H24N2O2. The van der Waals surface area contributed by atoms with Crippen LogP contribution in [0.1, 0.15) is 36.7 Å². The number of hydrogen-bond donors (Lipinski definition) is 0. The number of amides is 2. The molecule has 1 aromatic rings. The van der Waals surface area contributed by atoms with E-state index in [1.54, 1.807) is 0 Å². The van der Waals surface area contributed by atoms with Gasteiger partial charge in [-0.25, -0.2) is 0 Å². The molecule has 0 bridgehead atoms. The molecule has 0 radical (unpaired) electrons. The Balaban J connectivity index is 2.05. The molecule has 0 aliphatic carbocycles. The fraction of sp³-hybridized carbons (Fsp3) is 0.529. The summed E-state index contributed by atoms with van der Waals surface area (Å²) >= 11 is 0. The van der Waals surface area contributed by atoms with E-state index in [1.807, 2.05) is 61.8 Å². The normalized spacial score (nSPS) is 19.0. The first-order valence-electron chi connectivity index (χ1n) is 7.56. The molecule has 21 heavy (non-hydrogen) atoms. The number of nitrogens with zero attached hydrogens (tertiary/aromatic N) is 2. The molecule has 2 rings (SSSR count). The van der Waals surface area contributed by atoms with Crippen LogP contribution in [0.2, 0.25) is 0 Å². The van der Waals surface area contributed by atoms with Gasteiger partial charge in [-0.1, -0.05) is 31.5 Å². The average molecular weight is 288 g/mol. The highest BCUT2D eigenvalue weighted by atomic mass is 16.2. The number of rotatable bonds is 2. The predicted molar refractivity (Wildman–Crippen MR) is 83.1 cm³/mol. The van der Waals surface area contributed by atoms with Gasteiger partial charge in [0.25, 0.3) is 5.91 Å². The van der Waals surface area contributed by atoms with Gasteiger partial charge in [-0.05, 0) is 26.0 Å². The van der Waals surface area contributed by atoms with Gasteiger partial charge in [0, 0.05) is 37.2 Å². The second-order valence-electron chi connectivity index (χ2n) is 6.15. The first-order valence-corrected chi connectivity index (χ1v) is 7.56. The third-order valence-electron chi connectivity index (χ3n) is 3.99. The SMILES string of the molecule is Cc1ccc(C(=O)N2CCN(C(=O)C(C)C)CC2C)cc1. The highest BCUT2D eigenvalue weighted by Crippen LogP contribution is 2.16. The fourth-order valence-corrected chi connectivity index (χ4v) is 2.69. The predicted octanol–water partition coefficient (Wildman–Crippen LogP) is 2.32. The summed E-state index contributed by atoms with van der Waals surface area (Å²) in [6.45, 7) is 9.69. The largest absolute Gasteiger partial charge is 0.339 e. The van der Waals surface area contributed by atoms with Crippen LogP contribution in [-0.2, 0) is 4.79 Å². The molecular weight excluding hydrogens is 264 g/mol. The van der Waals surface area contributed by atoms with Crippen molar-refractivity contribution in [3.05, 3.63) is 35.4 Å². The van der Waals surface area contributed by atoms with Crippen LogP contribution in [0.3, 0.4) is 0 Å². The van der Waals surface area contributed by atoms with E-state index >= 15 is 0 Å². The minimum atomic E-state index is 0.0107. The van der Waals surface area contributed by atoms with Gasteiger partial charge in [-0.3, -0.25) is 9.59 Å². The Hall–Kier alpha value is -1.84. The number of piperazine rings is 1. The molecule has 114 valence electrons. The van der Waals surface area contributed by atoms with Crippen molar-refractivity contribution >= 4 is 11.8 Å². The summed E-state index contributed by atoms with van der Waals surface area (Å²) in [7, 11) is 0. The van der Waals surface area contributed by atoms with Gasteiger partial charge in [0.05, 0.1) is 0 Å². The zero-order chi connectivity index (χ0) is 15.6. The summed E-state index contributed by atoms with van der Waals surface area (Å²) in [6, 6.07) is 7.70. The fourth-order valence-electron chi connectivity index (χ4n) is 2.69. The van der Waals surface area contributed by atoms with Crippen molar-refractivity contribution in [2.75, 3.05) is 19.6 Å². The van der Waals surface area contributed by atoms with E-state index in [0.717, 1.165) is 11.1 Å². The van der Waals surface area contributed by atoms with Crippen LogP contribution >= 0.6 is 0 Å². The zero-order valence-corrected chi connectivity index (χ0v) is 13.3. The molecule has 1 aliphatic heterocycles. The Bertz CT molecular complexity index is 522. The molecule has 1 heterocycles. The molecule has 1 atom stereocenters. The molecule has 0 N–H and O–H groups in total. The maximum Gasteiger partial charge on any atom is 0.254 e. The Labute approximate surface area is 126 Å². The van der Waals surface area contributed by atoms with Crippen molar-refractivity contribution in [3.8, 4) is 0 Å². The van der Waals surface area contributed by atoms with Crippen LogP contribution in [0.25, 0.3) is 0 Å². The molecule has 0 spiro atoms. The number of carbonyl (C=O) groups is 2. The van der Waals surface area contributed by atoms with Gasteiger partial charge < -0.3 is 9.80 Å². The minimum absolute atomic E-state index is 0.0107. The van der Waals surface area contributed by atoms with Gasteiger partial charge in [-0.2, -0.15) is 0 Å². The summed E-state index contributed by atoms with van der Waals surface area (Å²) in [5.74, 6) is 0.236. The molecule has 4 heteroatoms. The van der Waals surface area contributed by atoms with Crippen LogP contribution < -0.4 is 0 Å². The van der Waals surface area contributed by atoms with Crippen LogP contribution in [0.5, 0.6) is 0 Å². The topological polar surface area (TPSA) is 40.6 Å². The lowest BCUT2D eigenvalue weighted by Crippen LogP contribution is -2.56. The molecule has 0 aromatic heterocycles. The Morgan fingerprint density at radius 2 is 1.76 bits per heavy atom. The summed E-state index contributed by atoms with van der Waals surface area (Å²) in [5.41, 5.74) is 1.86. The van der Waals surface area contributed by atoms with E-state index in [1.165, 1.54) is 0 Å². The number of benzene rings is 1. The van der Waals surface area contributed by atoms with Crippen molar-refractivity contribution < 1.29 is 9.59 Å². The Morgan fingerprint density at radius 3 is 2.29 bits per heavy atom. The first kappa shape index (κ1) is 15.5. The highest BCUT2D eigenvalue weighted by molar-refractivity contribution is 5.94. The lowest BCUT2D eigenvalue weighted by atomic mass is 10.1. The molecule has 1 unspecified atom stereocenters. The smallest absolute Gasteiger partial charge is 0.254 e. The molecule has 0 saturated carbocycles. The van der Waals surface area contributed by atoms with E-state index in [9.17, 15) is 9.59 Å². The van der Waals surface area contributed by atoms with Gasteiger partial charge in [0.15, 0.2) is 0 Å². The van der Waals surface area contributed by atoms with Crippen LogP contribution in [0, 0.1) is 12.8 Å². The van der Waals surface area contributed by atoms with Crippen molar-refractivity contribution in [2.24, 2.45) is 5.92 Å². The maximum atomic E-state index is 12.6. The average Bonchev–Trinajstić information content (AvgIpc) is 2.46. The monoisotopic (exact) mass is 288 g/mol. The molecule has 1 aromatic carbocycles. The van der Waals surface area contributed by atoms with E-state index < -0.39 is 0 Å². The summed E-state index contributed by atoms with van der Waals surface area (Å²) in [5, 5.41) is 0. The van der Waals surface area contributed by atoms with Crippen molar-refractivity contribution in [1.82, 2.24) is 9.80 Å². The molecule has 1 fully saturated rings. The van der Waals surface area contributed by atoms with Crippen molar-refractivity contribution in [1.29, 1.82) is 0 Å². The first-order chi connectivity index (χ1) is 9.90. The van der Waals surface area contributed by atoms with Crippen molar-refractivity contribution in [3.63, 3.8) is 0 Å². The van der Waals surface area contributed by atoms with Crippen molar-refractivity contribution in [2.45, 2.75) is 33.7 Å². The quantitative estimate of drug-likeness (QED) is 0.838. The van der Waals surface area contributed by atoms with Gasteiger partial charge in [-0.15, -0.1) is 0 Å². The maximum absolute atomic E-state index is 12.6. The van der Waals surface area contributed by atoms with Crippen LogP contribution in [-0.4, -0.2) is 47.3 Å².